The minimum absolute atomic E-state index is 0.0487. The fourth-order valence-corrected chi connectivity index (χ4v) is 1.40. The molecule has 0 atom stereocenters. The van der Waals surface area contributed by atoms with Gasteiger partial charge in [0.15, 0.2) is 23.0 Å². The van der Waals surface area contributed by atoms with E-state index in [1.54, 1.807) is 13.8 Å². The SMILES string of the molecule is CC(C)c1nc2cc(OC(F)(F)F)c(F)cc2o1. The Hall–Kier alpha value is -1.79. The Balaban J connectivity index is 2.47. The van der Waals surface area contributed by atoms with Crippen LogP contribution in [-0.2, 0) is 0 Å². The Morgan fingerprint density at radius 1 is 1.28 bits per heavy atom. The molecule has 2 rings (SSSR count). The molecule has 0 unspecified atom stereocenters. The van der Waals surface area contributed by atoms with Gasteiger partial charge < -0.3 is 9.15 Å². The van der Waals surface area contributed by atoms with Gasteiger partial charge in [0.25, 0.3) is 0 Å². The summed E-state index contributed by atoms with van der Waals surface area (Å²) in [4.78, 5) is 3.96. The standard InChI is InChI=1S/C11H9F4NO2/c1-5(2)10-16-7-4-8(18-11(13,14)15)6(12)3-9(7)17-10/h3-5H,1-2H3. The second kappa shape index (κ2) is 4.15. The predicted molar refractivity (Wildman–Crippen MR) is 54.7 cm³/mol. The van der Waals surface area contributed by atoms with Gasteiger partial charge in [-0.2, -0.15) is 0 Å². The van der Waals surface area contributed by atoms with Crippen LogP contribution >= 0.6 is 0 Å². The topological polar surface area (TPSA) is 35.3 Å². The van der Waals surface area contributed by atoms with E-state index >= 15 is 0 Å². The molecule has 1 aromatic carbocycles. The van der Waals surface area contributed by atoms with Crippen LogP contribution in [0.5, 0.6) is 5.75 Å². The molecule has 0 N–H and O–H groups in total. The van der Waals surface area contributed by atoms with E-state index in [1.165, 1.54) is 0 Å². The molecule has 0 amide bonds. The number of rotatable bonds is 2. The molecule has 0 saturated heterocycles. The first-order valence-electron chi connectivity index (χ1n) is 5.12. The first-order valence-corrected chi connectivity index (χ1v) is 5.12. The van der Waals surface area contributed by atoms with Crippen LogP contribution in [0.1, 0.15) is 25.7 Å². The van der Waals surface area contributed by atoms with E-state index in [0.717, 1.165) is 12.1 Å². The molecule has 0 radical (unpaired) electrons. The smallest absolute Gasteiger partial charge is 0.440 e. The van der Waals surface area contributed by atoms with Crippen molar-refractivity contribution in [1.29, 1.82) is 0 Å². The molecule has 0 aliphatic carbocycles. The number of oxazole rings is 1. The normalized spacial score (nSPS) is 12.4. The lowest BCUT2D eigenvalue weighted by molar-refractivity contribution is -0.275. The molecule has 1 aromatic heterocycles. The third-order valence-electron chi connectivity index (χ3n) is 2.18. The molecule has 0 spiro atoms. The van der Waals surface area contributed by atoms with Gasteiger partial charge in [0, 0.05) is 18.1 Å². The number of ether oxygens (including phenoxy) is 1. The maximum atomic E-state index is 13.3. The molecule has 2 aromatic rings. The predicted octanol–water partition coefficient (Wildman–Crippen LogP) is 3.99. The van der Waals surface area contributed by atoms with Gasteiger partial charge in [-0.05, 0) is 0 Å². The molecule has 0 fully saturated rings. The maximum Gasteiger partial charge on any atom is 0.573 e. The summed E-state index contributed by atoms with van der Waals surface area (Å²) in [7, 11) is 0. The lowest BCUT2D eigenvalue weighted by Gasteiger charge is -2.08. The molecule has 0 saturated carbocycles. The van der Waals surface area contributed by atoms with Gasteiger partial charge in [-0.15, -0.1) is 13.2 Å². The summed E-state index contributed by atoms with van der Waals surface area (Å²) in [5, 5.41) is 0. The van der Waals surface area contributed by atoms with Crippen molar-refractivity contribution in [3.05, 3.63) is 23.8 Å². The summed E-state index contributed by atoms with van der Waals surface area (Å²) in [6.07, 6.45) is -4.95. The largest absolute Gasteiger partial charge is 0.573 e. The average Bonchev–Trinajstić information content (AvgIpc) is 2.59. The molecule has 3 nitrogen and oxygen atoms in total. The number of hydrogen-bond donors (Lipinski definition) is 0. The number of halogens is 4. The third kappa shape index (κ3) is 2.55. The number of nitrogens with zero attached hydrogens (tertiary/aromatic N) is 1. The van der Waals surface area contributed by atoms with Gasteiger partial charge in [0.2, 0.25) is 0 Å². The quantitative estimate of drug-likeness (QED) is 0.768. The van der Waals surface area contributed by atoms with Crippen molar-refractivity contribution in [3.8, 4) is 5.75 Å². The first kappa shape index (κ1) is 12.7. The van der Waals surface area contributed by atoms with E-state index in [1.807, 2.05) is 0 Å². The highest BCUT2D eigenvalue weighted by Crippen LogP contribution is 2.30. The van der Waals surface area contributed by atoms with Crippen molar-refractivity contribution in [2.75, 3.05) is 0 Å². The monoisotopic (exact) mass is 263 g/mol. The van der Waals surface area contributed by atoms with Crippen LogP contribution in [0.3, 0.4) is 0 Å². The van der Waals surface area contributed by atoms with Crippen molar-refractivity contribution in [2.45, 2.75) is 26.1 Å². The van der Waals surface area contributed by atoms with E-state index in [0.29, 0.717) is 5.89 Å². The first-order chi connectivity index (χ1) is 8.26. The van der Waals surface area contributed by atoms with Gasteiger partial charge in [0.1, 0.15) is 5.52 Å². The average molecular weight is 263 g/mol. The minimum atomic E-state index is -4.95. The Bertz CT molecular complexity index is 574. The highest BCUT2D eigenvalue weighted by molar-refractivity contribution is 5.74. The summed E-state index contributed by atoms with van der Waals surface area (Å²) in [6.45, 7) is 3.60. The molecule has 98 valence electrons. The van der Waals surface area contributed by atoms with Gasteiger partial charge in [-0.25, -0.2) is 9.37 Å². The third-order valence-corrected chi connectivity index (χ3v) is 2.18. The Labute approximate surface area is 99.4 Å². The summed E-state index contributed by atoms with van der Waals surface area (Å²) in [5.41, 5.74) is 0.213. The summed E-state index contributed by atoms with van der Waals surface area (Å²) in [5.74, 6) is -1.79. The highest BCUT2D eigenvalue weighted by Gasteiger charge is 2.32. The highest BCUT2D eigenvalue weighted by atomic mass is 19.4. The molecule has 1 heterocycles. The van der Waals surface area contributed by atoms with E-state index in [4.69, 9.17) is 4.42 Å². The van der Waals surface area contributed by atoms with Crippen LogP contribution in [-0.4, -0.2) is 11.3 Å². The number of alkyl halides is 3. The molecule has 18 heavy (non-hydrogen) atoms. The summed E-state index contributed by atoms with van der Waals surface area (Å²) >= 11 is 0. The fraction of sp³-hybridized carbons (Fsp3) is 0.364. The van der Waals surface area contributed by atoms with Crippen LogP contribution in [0.4, 0.5) is 17.6 Å². The van der Waals surface area contributed by atoms with Crippen LogP contribution < -0.4 is 4.74 Å². The van der Waals surface area contributed by atoms with Crippen LogP contribution in [0.2, 0.25) is 0 Å². The molecule has 0 aliphatic heterocycles. The lowest BCUT2D eigenvalue weighted by Crippen LogP contribution is -2.17. The van der Waals surface area contributed by atoms with E-state index < -0.39 is 17.9 Å². The van der Waals surface area contributed by atoms with Gasteiger partial charge in [-0.3, -0.25) is 0 Å². The van der Waals surface area contributed by atoms with Crippen LogP contribution in [0.25, 0.3) is 11.1 Å². The zero-order chi connectivity index (χ0) is 13.5. The molecule has 0 bridgehead atoms. The van der Waals surface area contributed by atoms with E-state index in [9.17, 15) is 17.6 Å². The van der Waals surface area contributed by atoms with E-state index in [2.05, 4.69) is 9.72 Å². The second-order valence-corrected chi connectivity index (χ2v) is 4.00. The van der Waals surface area contributed by atoms with E-state index in [-0.39, 0.29) is 17.0 Å². The molecular formula is C11H9F4NO2. The molecule has 0 aliphatic rings. The Kier molecular flexibility index (Phi) is 2.92. The van der Waals surface area contributed by atoms with Crippen molar-refractivity contribution in [1.82, 2.24) is 4.98 Å². The van der Waals surface area contributed by atoms with Crippen molar-refractivity contribution >= 4 is 11.1 Å². The van der Waals surface area contributed by atoms with Crippen molar-refractivity contribution in [2.24, 2.45) is 0 Å². The van der Waals surface area contributed by atoms with Crippen LogP contribution in [0.15, 0.2) is 16.5 Å². The zero-order valence-corrected chi connectivity index (χ0v) is 9.51. The number of benzene rings is 1. The van der Waals surface area contributed by atoms with Crippen molar-refractivity contribution < 1.29 is 26.7 Å². The lowest BCUT2D eigenvalue weighted by atomic mass is 10.2. The fourth-order valence-electron chi connectivity index (χ4n) is 1.40. The Morgan fingerprint density at radius 3 is 2.50 bits per heavy atom. The van der Waals surface area contributed by atoms with Gasteiger partial charge in [-0.1, -0.05) is 13.8 Å². The van der Waals surface area contributed by atoms with Gasteiger partial charge in [0.05, 0.1) is 0 Å². The van der Waals surface area contributed by atoms with Crippen molar-refractivity contribution in [3.63, 3.8) is 0 Å². The van der Waals surface area contributed by atoms with Gasteiger partial charge >= 0.3 is 6.36 Å². The number of fused-ring (bicyclic) bond motifs is 1. The maximum absolute atomic E-state index is 13.3. The zero-order valence-electron chi connectivity index (χ0n) is 9.51. The Morgan fingerprint density at radius 2 is 1.94 bits per heavy atom. The summed E-state index contributed by atoms with van der Waals surface area (Å²) < 4.78 is 58.2. The molecule has 7 heteroatoms. The van der Waals surface area contributed by atoms with Crippen LogP contribution in [0, 0.1) is 5.82 Å². The summed E-state index contributed by atoms with van der Waals surface area (Å²) in [6, 6.07) is 1.70. The minimum Gasteiger partial charge on any atom is -0.440 e. The second-order valence-electron chi connectivity index (χ2n) is 4.00. The number of aromatic nitrogens is 1. The molecular weight excluding hydrogens is 254 g/mol. The number of hydrogen-bond acceptors (Lipinski definition) is 3.